The van der Waals surface area contributed by atoms with E-state index in [0.29, 0.717) is 0 Å². The van der Waals surface area contributed by atoms with Crippen LogP contribution in [0.15, 0.2) is 59.0 Å². The van der Waals surface area contributed by atoms with Crippen LogP contribution in [0.3, 0.4) is 0 Å². The van der Waals surface area contributed by atoms with Crippen LogP contribution in [0.2, 0.25) is 0 Å². The summed E-state index contributed by atoms with van der Waals surface area (Å²) in [5, 5.41) is 0. The molecule has 2 aromatic heterocycles. The average Bonchev–Trinajstić information content (AvgIpc) is 3.09. The molecule has 0 fully saturated rings. The number of benzene rings is 2. The number of hydrogen-bond acceptors (Lipinski definition) is 2. The minimum atomic E-state index is 0.0659. The van der Waals surface area contributed by atoms with Crippen molar-refractivity contribution in [3.63, 3.8) is 0 Å². The quantitative estimate of drug-likeness (QED) is 0.331. The molecule has 0 aliphatic carbocycles. The van der Waals surface area contributed by atoms with Crippen LogP contribution in [-0.2, 0) is 10.8 Å². The van der Waals surface area contributed by atoms with Gasteiger partial charge >= 0.3 is 0 Å². The van der Waals surface area contributed by atoms with Crippen LogP contribution in [0, 0.1) is 13.8 Å². The van der Waals surface area contributed by atoms with E-state index in [2.05, 4.69) is 104 Å². The van der Waals surface area contributed by atoms with Gasteiger partial charge in [0.05, 0.1) is 5.69 Å². The highest BCUT2D eigenvalue weighted by atomic mass is 16.3. The van der Waals surface area contributed by atoms with E-state index in [0.717, 1.165) is 33.7 Å². The number of hydrogen-bond donors (Lipinski definition) is 0. The summed E-state index contributed by atoms with van der Waals surface area (Å²) in [5.41, 5.74) is 10.2. The maximum Gasteiger partial charge on any atom is 0.153 e. The highest BCUT2D eigenvalue weighted by molar-refractivity contribution is 5.82. The fourth-order valence-electron chi connectivity index (χ4n) is 3.99. The topological polar surface area (TPSA) is 26.0 Å². The molecule has 0 N–H and O–H groups in total. The van der Waals surface area contributed by atoms with Gasteiger partial charge in [-0.15, -0.1) is 0 Å². The Morgan fingerprint density at radius 2 is 1.23 bits per heavy atom. The van der Waals surface area contributed by atoms with Gasteiger partial charge in [-0.05, 0) is 72.2 Å². The molecule has 0 radical (unpaired) electrons. The van der Waals surface area contributed by atoms with Crippen LogP contribution in [-0.4, -0.2) is 4.98 Å². The molecule has 160 valence electrons. The number of fused-ring (bicyclic) bond motifs is 1. The average molecular weight is 412 g/mol. The molecule has 0 spiro atoms. The Balaban J connectivity index is 1.83. The van der Waals surface area contributed by atoms with Crippen LogP contribution in [0.1, 0.15) is 63.8 Å². The largest absolute Gasteiger partial charge is 0.454 e. The lowest BCUT2D eigenvalue weighted by Crippen LogP contribution is -2.16. The Kier molecular flexibility index (Phi) is 5.08. The van der Waals surface area contributed by atoms with Crippen LogP contribution in [0.5, 0.6) is 0 Å². The molecule has 4 aromatic rings. The number of nitrogens with zero attached hydrogens (tertiary/aromatic N) is 1. The molecule has 31 heavy (non-hydrogen) atoms. The number of rotatable bonds is 2. The molecule has 0 amide bonds. The van der Waals surface area contributed by atoms with Crippen molar-refractivity contribution in [2.24, 2.45) is 0 Å². The second kappa shape index (κ2) is 7.37. The van der Waals surface area contributed by atoms with Crippen LogP contribution in [0.4, 0.5) is 0 Å². The molecule has 0 saturated carbocycles. The molecule has 2 heterocycles. The molecular formula is C29H33NO. The fourth-order valence-corrected chi connectivity index (χ4v) is 3.99. The van der Waals surface area contributed by atoms with Crippen LogP contribution >= 0.6 is 0 Å². The predicted octanol–water partition coefficient (Wildman–Crippen LogP) is 8.37. The van der Waals surface area contributed by atoms with E-state index in [1.807, 2.05) is 6.07 Å². The first-order valence-electron chi connectivity index (χ1n) is 11.1. The van der Waals surface area contributed by atoms with Crippen molar-refractivity contribution >= 4 is 11.1 Å². The molecule has 0 saturated heterocycles. The molecule has 2 heteroatoms. The number of pyridine rings is 1. The molecule has 2 aromatic carbocycles. The van der Waals surface area contributed by atoms with E-state index in [1.165, 1.54) is 22.3 Å². The number of furan rings is 1. The summed E-state index contributed by atoms with van der Waals surface area (Å²) in [4.78, 5) is 4.92. The van der Waals surface area contributed by atoms with Crippen molar-refractivity contribution in [2.75, 3.05) is 0 Å². The summed E-state index contributed by atoms with van der Waals surface area (Å²) in [6.45, 7) is 17.8. The van der Waals surface area contributed by atoms with Gasteiger partial charge in [0.25, 0.3) is 0 Å². The third-order valence-electron chi connectivity index (χ3n) is 5.84. The summed E-state index contributed by atoms with van der Waals surface area (Å²) in [7, 11) is 0. The summed E-state index contributed by atoms with van der Waals surface area (Å²) < 4.78 is 6.27. The lowest BCUT2D eigenvalue weighted by Gasteiger charge is -2.26. The second-order valence-electron chi connectivity index (χ2n) is 10.9. The predicted molar refractivity (Wildman–Crippen MR) is 132 cm³/mol. The first-order chi connectivity index (χ1) is 14.4. The Labute approximate surface area is 186 Å². The molecule has 2 nitrogen and oxygen atoms in total. The van der Waals surface area contributed by atoms with Crippen LogP contribution < -0.4 is 0 Å². The maximum atomic E-state index is 6.27. The van der Waals surface area contributed by atoms with Gasteiger partial charge < -0.3 is 4.42 Å². The first kappa shape index (κ1) is 21.4. The van der Waals surface area contributed by atoms with Gasteiger partial charge in [-0.1, -0.05) is 64.8 Å². The van der Waals surface area contributed by atoms with Gasteiger partial charge in [-0.3, -0.25) is 0 Å². The van der Waals surface area contributed by atoms with E-state index in [1.54, 1.807) is 0 Å². The molecule has 0 aliphatic heterocycles. The van der Waals surface area contributed by atoms with Gasteiger partial charge in [0.15, 0.2) is 5.58 Å². The van der Waals surface area contributed by atoms with Gasteiger partial charge in [0, 0.05) is 17.2 Å². The van der Waals surface area contributed by atoms with Crippen molar-refractivity contribution in [3.8, 4) is 22.6 Å². The Morgan fingerprint density at radius 1 is 0.645 bits per heavy atom. The minimum absolute atomic E-state index is 0.0659. The van der Waals surface area contributed by atoms with Gasteiger partial charge in [-0.25, -0.2) is 4.98 Å². The Bertz CT molecular complexity index is 1210. The fraction of sp³-hybridized carbons (Fsp3) is 0.345. The Morgan fingerprint density at radius 3 is 1.77 bits per heavy atom. The minimum Gasteiger partial charge on any atom is -0.454 e. The number of aryl methyl sites for hydroxylation is 2. The lowest BCUT2D eigenvalue weighted by molar-refractivity contribution is 0.567. The van der Waals surface area contributed by atoms with Crippen molar-refractivity contribution in [1.29, 1.82) is 0 Å². The highest BCUT2D eigenvalue weighted by Gasteiger charge is 2.22. The van der Waals surface area contributed by atoms with E-state index < -0.39 is 0 Å². The molecule has 0 bridgehead atoms. The SMILES string of the molecule is Cc1cc(C)cc(-c2ccc3oc(-c4cc(C(C)(C)C)cc(C(C)(C)C)c4)cc3n2)c1. The van der Waals surface area contributed by atoms with Crippen molar-refractivity contribution in [1.82, 2.24) is 4.98 Å². The van der Waals surface area contributed by atoms with Gasteiger partial charge in [-0.2, -0.15) is 0 Å². The monoisotopic (exact) mass is 411 g/mol. The third kappa shape index (κ3) is 4.44. The summed E-state index contributed by atoms with van der Waals surface area (Å²) in [5.74, 6) is 0.872. The zero-order valence-corrected chi connectivity index (χ0v) is 20.1. The second-order valence-corrected chi connectivity index (χ2v) is 10.9. The Hall–Kier alpha value is -2.87. The molecule has 0 unspecified atom stereocenters. The third-order valence-corrected chi connectivity index (χ3v) is 5.84. The standard InChI is InChI=1S/C29H33NO/c1-18-11-19(2)13-20(12-18)24-9-10-26-25(30-24)17-27(31-26)21-14-22(28(3,4)5)16-23(15-21)29(6,7)8/h9-17H,1-8H3. The van der Waals surface area contributed by atoms with Crippen molar-refractivity contribution in [2.45, 2.75) is 66.2 Å². The maximum absolute atomic E-state index is 6.27. The van der Waals surface area contributed by atoms with E-state index in [-0.39, 0.29) is 10.8 Å². The van der Waals surface area contributed by atoms with E-state index >= 15 is 0 Å². The van der Waals surface area contributed by atoms with Gasteiger partial charge in [0.1, 0.15) is 11.3 Å². The molecule has 0 aliphatic rings. The summed E-state index contributed by atoms with van der Waals surface area (Å²) >= 11 is 0. The summed E-state index contributed by atoms with van der Waals surface area (Å²) in [6, 6.07) is 19.6. The van der Waals surface area contributed by atoms with E-state index in [4.69, 9.17) is 9.40 Å². The normalized spacial score (nSPS) is 12.5. The highest BCUT2D eigenvalue weighted by Crippen LogP contribution is 2.36. The van der Waals surface area contributed by atoms with E-state index in [9.17, 15) is 0 Å². The summed E-state index contributed by atoms with van der Waals surface area (Å²) in [6.07, 6.45) is 0. The first-order valence-corrected chi connectivity index (χ1v) is 11.1. The lowest BCUT2D eigenvalue weighted by atomic mass is 9.79. The van der Waals surface area contributed by atoms with Crippen LogP contribution in [0.25, 0.3) is 33.7 Å². The molecule has 0 atom stereocenters. The van der Waals surface area contributed by atoms with Crippen molar-refractivity contribution < 1.29 is 4.42 Å². The molecule has 4 rings (SSSR count). The number of aromatic nitrogens is 1. The smallest absolute Gasteiger partial charge is 0.153 e. The zero-order chi connectivity index (χ0) is 22.6. The van der Waals surface area contributed by atoms with Crippen molar-refractivity contribution in [3.05, 3.63) is 76.9 Å². The van der Waals surface area contributed by atoms with Gasteiger partial charge in [0.2, 0.25) is 0 Å². The zero-order valence-electron chi connectivity index (χ0n) is 20.1. The molecular weight excluding hydrogens is 378 g/mol.